The minimum Gasteiger partial charge on any atom is -0.382 e. The molecule has 2 rings (SSSR count). The molecule has 0 saturated carbocycles. The Bertz CT molecular complexity index is 764. The van der Waals surface area contributed by atoms with Gasteiger partial charge in [0.2, 0.25) is 11.8 Å². The standard InChI is InChI=1S/C19H21ClN2O3/c1-13(25-2)9-10-18(23)22(17-8-4-6-15(20)12-17)16-7-3-5-14(11-16)19(21)24/h3-8,11-13H,9-10H2,1-2H3,(H2,21,24). The van der Waals surface area contributed by atoms with E-state index in [0.717, 1.165) is 0 Å². The molecule has 1 unspecified atom stereocenters. The molecule has 0 spiro atoms. The zero-order valence-electron chi connectivity index (χ0n) is 14.2. The number of carbonyl (C=O) groups is 2. The van der Waals surface area contributed by atoms with Gasteiger partial charge in [0.1, 0.15) is 0 Å². The summed E-state index contributed by atoms with van der Waals surface area (Å²) in [4.78, 5) is 25.9. The van der Waals surface area contributed by atoms with Gasteiger partial charge in [0.15, 0.2) is 0 Å². The van der Waals surface area contributed by atoms with Crippen LogP contribution in [0.5, 0.6) is 0 Å². The lowest BCUT2D eigenvalue weighted by Crippen LogP contribution is -2.27. The molecule has 0 aliphatic heterocycles. The lowest BCUT2D eigenvalue weighted by molar-refractivity contribution is -0.118. The van der Waals surface area contributed by atoms with Crippen molar-refractivity contribution in [3.8, 4) is 0 Å². The highest BCUT2D eigenvalue weighted by Crippen LogP contribution is 2.29. The zero-order chi connectivity index (χ0) is 18.4. The molecule has 0 aliphatic carbocycles. The van der Waals surface area contributed by atoms with Crippen LogP contribution in [0.4, 0.5) is 11.4 Å². The normalized spacial score (nSPS) is 11.8. The predicted octanol–water partition coefficient (Wildman–Crippen LogP) is 3.92. The number of hydrogen-bond donors (Lipinski definition) is 1. The van der Waals surface area contributed by atoms with Gasteiger partial charge in [0.05, 0.1) is 11.8 Å². The van der Waals surface area contributed by atoms with E-state index in [9.17, 15) is 9.59 Å². The maximum absolute atomic E-state index is 12.9. The number of methoxy groups -OCH3 is 1. The van der Waals surface area contributed by atoms with Crippen LogP contribution >= 0.6 is 11.6 Å². The van der Waals surface area contributed by atoms with E-state index in [-0.39, 0.29) is 12.0 Å². The van der Waals surface area contributed by atoms with Crippen LogP contribution in [0.3, 0.4) is 0 Å². The fourth-order valence-electron chi connectivity index (χ4n) is 2.41. The van der Waals surface area contributed by atoms with Crippen LogP contribution < -0.4 is 10.6 Å². The summed E-state index contributed by atoms with van der Waals surface area (Å²) in [6.07, 6.45) is 0.853. The van der Waals surface area contributed by atoms with E-state index in [1.165, 1.54) is 0 Å². The second kappa shape index (κ2) is 8.65. The molecular formula is C19H21ClN2O3. The molecular weight excluding hydrogens is 340 g/mol. The summed E-state index contributed by atoms with van der Waals surface area (Å²) in [5.41, 5.74) is 6.89. The first-order valence-electron chi connectivity index (χ1n) is 7.93. The number of carbonyl (C=O) groups excluding carboxylic acids is 2. The van der Waals surface area contributed by atoms with E-state index < -0.39 is 5.91 Å². The van der Waals surface area contributed by atoms with Crippen LogP contribution in [0.15, 0.2) is 48.5 Å². The van der Waals surface area contributed by atoms with Crippen LogP contribution in [0.2, 0.25) is 5.02 Å². The Kier molecular flexibility index (Phi) is 6.56. The van der Waals surface area contributed by atoms with Crippen molar-refractivity contribution in [1.82, 2.24) is 0 Å². The first-order valence-corrected chi connectivity index (χ1v) is 8.31. The molecule has 25 heavy (non-hydrogen) atoms. The van der Waals surface area contributed by atoms with Crippen molar-refractivity contribution in [3.63, 3.8) is 0 Å². The van der Waals surface area contributed by atoms with Gasteiger partial charge in [-0.3, -0.25) is 14.5 Å². The SMILES string of the molecule is COC(C)CCC(=O)N(c1cccc(Cl)c1)c1cccc(C(N)=O)c1. The fraction of sp³-hybridized carbons (Fsp3) is 0.263. The number of halogens is 1. The Labute approximate surface area is 152 Å². The average molecular weight is 361 g/mol. The lowest BCUT2D eigenvalue weighted by atomic mass is 10.1. The number of hydrogen-bond acceptors (Lipinski definition) is 3. The van der Waals surface area contributed by atoms with Crippen molar-refractivity contribution in [2.24, 2.45) is 5.73 Å². The second-order valence-corrected chi connectivity index (χ2v) is 6.15. The zero-order valence-corrected chi connectivity index (χ0v) is 15.0. The van der Waals surface area contributed by atoms with Gasteiger partial charge in [-0.05, 0) is 49.7 Å². The van der Waals surface area contributed by atoms with Crippen LogP contribution in [-0.2, 0) is 9.53 Å². The molecule has 0 aliphatic rings. The molecule has 0 saturated heterocycles. The molecule has 0 fully saturated rings. The largest absolute Gasteiger partial charge is 0.382 e. The Hall–Kier alpha value is -2.37. The first-order chi connectivity index (χ1) is 11.9. The number of nitrogens with two attached hydrogens (primary N) is 1. The van der Waals surface area contributed by atoms with Gasteiger partial charge >= 0.3 is 0 Å². The Morgan fingerprint density at radius 3 is 2.40 bits per heavy atom. The van der Waals surface area contributed by atoms with Crippen molar-refractivity contribution in [2.75, 3.05) is 12.0 Å². The molecule has 1 atom stereocenters. The highest BCUT2D eigenvalue weighted by atomic mass is 35.5. The minimum absolute atomic E-state index is 0.0258. The van der Waals surface area contributed by atoms with Crippen molar-refractivity contribution in [2.45, 2.75) is 25.9 Å². The van der Waals surface area contributed by atoms with Gasteiger partial charge in [-0.25, -0.2) is 0 Å². The topological polar surface area (TPSA) is 72.6 Å². The number of anilines is 2. The maximum atomic E-state index is 12.9. The molecule has 2 aromatic rings. The Balaban J connectivity index is 2.40. The van der Waals surface area contributed by atoms with E-state index in [0.29, 0.717) is 34.8 Å². The molecule has 5 nitrogen and oxygen atoms in total. The number of amides is 2. The molecule has 0 heterocycles. The van der Waals surface area contributed by atoms with Crippen LogP contribution in [0, 0.1) is 0 Å². The number of primary amides is 1. The van der Waals surface area contributed by atoms with Gasteiger partial charge < -0.3 is 10.5 Å². The number of nitrogens with zero attached hydrogens (tertiary/aromatic N) is 1. The molecule has 0 bridgehead atoms. The third kappa shape index (κ3) is 5.05. The molecule has 0 radical (unpaired) electrons. The third-order valence-electron chi connectivity index (χ3n) is 3.87. The summed E-state index contributed by atoms with van der Waals surface area (Å²) in [6.45, 7) is 1.91. The third-order valence-corrected chi connectivity index (χ3v) is 4.11. The monoisotopic (exact) mass is 360 g/mol. The molecule has 132 valence electrons. The smallest absolute Gasteiger partial charge is 0.248 e. The van der Waals surface area contributed by atoms with Crippen LogP contribution in [0.25, 0.3) is 0 Å². The van der Waals surface area contributed by atoms with Crippen LogP contribution in [0.1, 0.15) is 30.1 Å². The summed E-state index contributed by atoms with van der Waals surface area (Å²) < 4.78 is 5.21. The van der Waals surface area contributed by atoms with Gasteiger partial charge in [0.25, 0.3) is 0 Å². The molecule has 2 N–H and O–H groups in total. The first kappa shape index (κ1) is 19.0. The van der Waals surface area contributed by atoms with Crippen molar-refractivity contribution in [3.05, 3.63) is 59.1 Å². The van der Waals surface area contributed by atoms with Crippen molar-refractivity contribution in [1.29, 1.82) is 0 Å². The van der Waals surface area contributed by atoms with Crippen molar-refractivity contribution < 1.29 is 14.3 Å². The maximum Gasteiger partial charge on any atom is 0.248 e. The highest BCUT2D eigenvalue weighted by molar-refractivity contribution is 6.31. The van der Waals surface area contributed by atoms with Crippen LogP contribution in [-0.4, -0.2) is 25.0 Å². The molecule has 0 aromatic heterocycles. The van der Waals surface area contributed by atoms with Gasteiger partial charge in [0, 0.05) is 29.8 Å². The minimum atomic E-state index is -0.548. The number of ether oxygens (including phenoxy) is 1. The van der Waals surface area contributed by atoms with Gasteiger partial charge in [-0.2, -0.15) is 0 Å². The molecule has 2 aromatic carbocycles. The summed E-state index contributed by atoms with van der Waals surface area (Å²) in [5.74, 6) is -0.666. The second-order valence-electron chi connectivity index (χ2n) is 5.71. The van der Waals surface area contributed by atoms with Gasteiger partial charge in [-0.1, -0.05) is 23.7 Å². The summed E-state index contributed by atoms with van der Waals surface area (Å²) >= 11 is 6.08. The summed E-state index contributed by atoms with van der Waals surface area (Å²) in [6, 6.07) is 13.7. The van der Waals surface area contributed by atoms with E-state index in [1.807, 2.05) is 6.92 Å². The predicted molar refractivity (Wildman–Crippen MR) is 99.3 cm³/mol. The molecule has 6 heteroatoms. The number of rotatable bonds is 7. The summed E-state index contributed by atoms with van der Waals surface area (Å²) in [7, 11) is 1.61. The van der Waals surface area contributed by atoms with Crippen molar-refractivity contribution >= 4 is 34.8 Å². The summed E-state index contributed by atoms with van der Waals surface area (Å²) in [5, 5.41) is 0.520. The highest BCUT2D eigenvalue weighted by Gasteiger charge is 2.20. The van der Waals surface area contributed by atoms with Gasteiger partial charge in [-0.15, -0.1) is 0 Å². The Morgan fingerprint density at radius 2 is 1.80 bits per heavy atom. The quantitative estimate of drug-likeness (QED) is 0.813. The van der Waals surface area contributed by atoms with E-state index in [2.05, 4.69) is 0 Å². The lowest BCUT2D eigenvalue weighted by Gasteiger charge is -2.24. The average Bonchev–Trinajstić information content (AvgIpc) is 2.60. The van der Waals surface area contributed by atoms with E-state index in [4.69, 9.17) is 22.1 Å². The fourth-order valence-corrected chi connectivity index (χ4v) is 2.59. The molecule has 2 amide bonds. The Morgan fingerprint density at radius 1 is 1.16 bits per heavy atom. The van der Waals surface area contributed by atoms with E-state index >= 15 is 0 Å². The van der Waals surface area contributed by atoms with E-state index in [1.54, 1.807) is 60.5 Å². The number of benzene rings is 2.